The molecule has 0 fully saturated rings. The molecule has 0 atom stereocenters. The lowest BCUT2D eigenvalue weighted by molar-refractivity contribution is 0.108. The molecule has 0 radical (unpaired) electrons. The van der Waals surface area contributed by atoms with E-state index in [1.165, 1.54) is 0 Å². The summed E-state index contributed by atoms with van der Waals surface area (Å²) in [4.78, 5) is 11.2. The lowest BCUT2D eigenvalue weighted by Gasteiger charge is -1.97. The number of rotatable bonds is 3. The van der Waals surface area contributed by atoms with E-state index in [9.17, 15) is 4.79 Å². The largest absolute Gasteiger partial charge is 0.416 e. The third-order valence-electron chi connectivity index (χ3n) is 2.78. The number of hydrogen-bond donors (Lipinski definition) is 0. The smallest absolute Gasteiger partial charge is 0.252 e. The van der Waals surface area contributed by atoms with E-state index >= 15 is 0 Å². The van der Waals surface area contributed by atoms with Gasteiger partial charge >= 0.3 is 0 Å². The van der Waals surface area contributed by atoms with Crippen LogP contribution in [0.3, 0.4) is 0 Å². The standard InChI is InChI=1S/C15H9ClN2O2/c16-13(19)11-7-4-8-12(9-11)15-18-17-14(20-15)10-5-2-1-3-6-10/h1-9H. The summed E-state index contributed by atoms with van der Waals surface area (Å²) < 4.78 is 5.61. The van der Waals surface area contributed by atoms with Crippen LogP contribution in [0.2, 0.25) is 0 Å². The van der Waals surface area contributed by atoms with E-state index < -0.39 is 5.24 Å². The van der Waals surface area contributed by atoms with Crippen molar-refractivity contribution in [3.05, 3.63) is 60.2 Å². The maximum Gasteiger partial charge on any atom is 0.252 e. The Morgan fingerprint density at radius 3 is 2.25 bits per heavy atom. The van der Waals surface area contributed by atoms with E-state index in [1.807, 2.05) is 30.3 Å². The highest BCUT2D eigenvalue weighted by molar-refractivity contribution is 6.67. The van der Waals surface area contributed by atoms with Crippen molar-refractivity contribution in [2.24, 2.45) is 0 Å². The first-order valence-corrected chi connectivity index (χ1v) is 6.31. The first-order chi connectivity index (χ1) is 9.74. The molecule has 0 N–H and O–H groups in total. The van der Waals surface area contributed by atoms with Crippen LogP contribution in [0.4, 0.5) is 0 Å². The maximum atomic E-state index is 11.2. The molecule has 98 valence electrons. The van der Waals surface area contributed by atoms with Crippen molar-refractivity contribution in [1.82, 2.24) is 10.2 Å². The molecule has 1 heterocycles. The molecule has 3 rings (SSSR count). The Bertz CT molecular complexity index is 753. The number of carbonyl (C=O) groups is 1. The Morgan fingerprint density at radius 2 is 1.55 bits per heavy atom. The van der Waals surface area contributed by atoms with Crippen molar-refractivity contribution in [3.8, 4) is 22.9 Å². The number of benzene rings is 2. The average molecular weight is 285 g/mol. The van der Waals surface area contributed by atoms with E-state index in [-0.39, 0.29) is 0 Å². The molecule has 0 unspecified atom stereocenters. The summed E-state index contributed by atoms with van der Waals surface area (Å²) in [5.41, 5.74) is 1.89. The van der Waals surface area contributed by atoms with Crippen LogP contribution in [0.1, 0.15) is 10.4 Å². The summed E-state index contributed by atoms with van der Waals surface area (Å²) in [5.74, 6) is 0.784. The van der Waals surface area contributed by atoms with E-state index in [0.29, 0.717) is 22.9 Å². The van der Waals surface area contributed by atoms with Crippen molar-refractivity contribution in [3.63, 3.8) is 0 Å². The van der Waals surface area contributed by atoms with Crippen LogP contribution in [-0.4, -0.2) is 15.4 Å². The van der Waals surface area contributed by atoms with Gasteiger partial charge in [0.25, 0.3) is 5.24 Å². The van der Waals surface area contributed by atoms with Gasteiger partial charge in [-0.2, -0.15) is 0 Å². The Hall–Kier alpha value is -2.46. The zero-order chi connectivity index (χ0) is 13.9. The second kappa shape index (κ2) is 5.27. The van der Waals surface area contributed by atoms with Gasteiger partial charge < -0.3 is 4.42 Å². The highest BCUT2D eigenvalue weighted by atomic mass is 35.5. The minimum Gasteiger partial charge on any atom is -0.416 e. The molecular formula is C15H9ClN2O2. The Kier molecular flexibility index (Phi) is 3.31. The average Bonchev–Trinajstić information content (AvgIpc) is 2.98. The maximum absolute atomic E-state index is 11.2. The third-order valence-corrected chi connectivity index (χ3v) is 3.00. The highest BCUT2D eigenvalue weighted by Crippen LogP contribution is 2.24. The number of nitrogens with zero attached hydrogens (tertiary/aromatic N) is 2. The number of aromatic nitrogens is 2. The monoisotopic (exact) mass is 284 g/mol. The molecule has 3 aromatic rings. The van der Waals surface area contributed by atoms with Gasteiger partial charge in [-0.1, -0.05) is 30.3 Å². The quantitative estimate of drug-likeness (QED) is 0.687. The number of halogens is 1. The molecule has 0 spiro atoms. The van der Waals surface area contributed by atoms with Crippen LogP contribution in [0.25, 0.3) is 22.9 Å². The van der Waals surface area contributed by atoms with Crippen molar-refractivity contribution in [1.29, 1.82) is 0 Å². The van der Waals surface area contributed by atoms with E-state index in [2.05, 4.69) is 10.2 Å². The van der Waals surface area contributed by atoms with E-state index in [0.717, 1.165) is 5.56 Å². The SMILES string of the molecule is O=C(Cl)c1cccc(-c2nnc(-c3ccccc3)o2)c1. The fraction of sp³-hybridized carbons (Fsp3) is 0. The molecule has 0 aliphatic rings. The Morgan fingerprint density at radius 1 is 0.900 bits per heavy atom. The lowest BCUT2D eigenvalue weighted by Crippen LogP contribution is -1.88. The van der Waals surface area contributed by atoms with Gasteiger partial charge in [-0.3, -0.25) is 4.79 Å². The van der Waals surface area contributed by atoms with Gasteiger partial charge in [0.2, 0.25) is 11.8 Å². The molecular weight excluding hydrogens is 276 g/mol. The van der Waals surface area contributed by atoms with Gasteiger partial charge in [0.05, 0.1) is 0 Å². The molecule has 1 aromatic heterocycles. The normalized spacial score (nSPS) is 10.4. The summed E-state index contributed by atoms with van der Waals surface area (Å²) in [5, 5.41) is 7.48. The number of hydrogen-bond acceptors (Lipinski definition) is 4. The van der Waals surface area contributed by atoms with E-state index in [1.54, 1.807) is 24.3 Å². The Labute approximate surface area is 120 Å². The minimum absolute atomic E-state index is 0.351. The second-order valence-electron chi connectivity index (χ2n) is 4.13. The number of carbonyl (C=O) groups excluding carboxylic acids is 1. The van der Waals surface area contributed by atoms with Crippen LogP contribution < -0.4 is 0 Å². The topological polar surface area (TPSA) is 56.0 Å². The predicted molar refractivity (Wildman–Crippen MR) is 75.4 cm³/mol. The fourth-order valence-electron chi connectivity index (χ4n) is 1.81. The summed E-state index contributed by atoms with van der Waals surface area (Å²) >= 11 is 5.46. The van der Waals surface area contributed by atoms with Crippen LogP contribution >= 0.6 is 11.6 Å². The van der Waals surface area contributed by atoms with E-state index in [4.69, 9.17) is 16.0 Å². The first-order valence-electron chi connectivity index (χ1n) is 5.93. The molecule has 2 aromatic carbocycles. The summed E-state index contributed by atoms with van der Waals surface area (Å²) in [6.07, 6.45) is 0. The molecule has 0 amide bonds. The summed E-state index contributed by atoms with van der Waals surface area (Å²) in [6.45, 7) is 0. The zero-order valence-electron chi connectivity index (χ0n) is 10.3. The fourth-order valence-corrected chi connectivity index (χ4v) is 1.93. The highest BCUT2D eigenvalue weighted by Gasteiger charge is 2.11. The van der Waals surface area contributed by atoms with Crippen molar-refractivity contribution in [2.45, 2.75) is 0 Å². The molecule has 5 heteroatoms. The lowest BCUT2D eigenvalue weighted by atomic mass is 10.1. The first kappa shape index (κ1) is 12.6. The molecule has 0 aliphatic heterocycles. The molecule has 0 saturated heterocycles. The van der Waals surface area contributed by atoms with Gasteiger partial charge in [0.15, 0.2) is 0 Å². The van der Waals surface area contributed by atoms with Crippen molar-refractivity contribution < 1.29 is 9.21 Å². The van der Waals surface area contributed by atoms with Crippen LogP contribution in [-0.2, 0) is 0 Å². The molecule has 0 aliphatic carbocycles. The van der Waals surface area contributed by atoms with Gasteiger partial charge in [0.1, 0.15) is 0 Å². The predicted octanol–water partition coefficient (Wildman–Crippen LogP) is 3.78. The summed E-state index contributed by atoms with van der Waals surface area (Å²) in [7, 11) is 0. The minimum atomic E-state index is -0.519. The third kappa shape index (κ3) is 2.46. The van der Waals surface area contributed by atoms with Crippen LogP contribution in [0, 0.1) is 0 Å². The van der Waals surface area contributed by atoms with Crippen LogP contribution in [0.15, 0.2) is 59.0 Å². The van der Waals surface area contributed by atoms with Crippen molar-refractivity contribution >= 4 is 16.8 Å². The molecule has 4 nitrogen and oxygen atoms in total. The van der Waals surface area contributed by atoms with Gasteiger partial charge in [0, 0.05) is 16.7 Å². The van der Waals surface area contributed by atoms with Gasteiger partial charge in [-0.15, -0.1) is 10.2 Å². The van der Waals surface area contributed by atoms with Crippen LogP contribution in [0.5, 0.6) is 0 Å². The molecule has 0 bridgehead atoms. The Balaban J connectivity index is 1.98. The van der Waals surface area contributed by atoms with Crippen molar-refractivity contribution in [2.75, 3.05) is 0 Å². The summed E-state index contributed by atoms with van der Waals surface area (Å²) in [6, 6.07) is 16.2. The molecule has 0 saturated carbocycles. The zero-order valence-corrected chi connectivity index (χ0v) is 11.0. The van der Waals surface area contributed by atoms with Gasteiger partial charge in [-0.25, -0.2) is 0 Å². The molecule has 20 heavy (non-hydrogen) atoms. The second-order valence-corrected chi connectivity index (χ2v) is 4.48. The van der Waals surface area contributed by atoms with Gasteiger partial charge in [-0.05, 0) is 35.9 Å².